The number of benzene rings is 1. The molecule has 2 heterocycles. The van der Waals surface area contributed by atoms with Gasteiger partial charge in [0.1, 0.15) is 5.82 Å². The standard InChI is InChI=1S/C20H18F6N2O3S.CH4/c1-18(2,32(30,31)15-5-3-4-12(8-15)19(21,22)23)14-9-17(29)28(11-14)16-7-6-13(10-27-16)20(24,25)26;/h3-8,10,14H,9,11H2,1-2H3;1H4/t14-;/m0./s1. The third-order valence-electron chi connectivity index (χ3n) is 5.62. The van der Waals surface area contributed by atoms with E-state index >= 15 is 0 Å². The number of hydrogen-bond donors (Lipinski definition) is 0. The van der Waals surface area contributed by atoms with Gasteiger partial charge in [-0.1, -0.05) is 13.5 Å². The van der Waals surface area contributed by atoms with Gasteiger partial charge < -0.3 is 0 Å². The van der Waals surface area contributed by atoms with Crippen LogP contribution in [0.15, 0.2) is 47.5 Å². The lowest BCUT2D eigenvalue weighted by atomic mass is 9.94. The molecular weight excluding hydrogens is 474 g/mol. The summed E-state index contributed by atoms with van der Waals surface area (Å²) in [6.45, 7) is 2.46. The Morgan fingerprint density at radius 3 is 2.09 bits per heavy atom. The fourth-order valence-electron chi connectivity index (χ4n) is 3.47. The molecule has 3 rings (SSSR count). The predicted octanol–water partition coefficient (Wildman–Crippen LogP) is 5.36. The average Bonchev–Trinajstić information content (AvgIpc) is 3.09. The Morgan fingerprint density at radius 2 is 1.58 bits per heavy atom. The van der Waals surface area contributed by atoms with Crippen molar-refractivity contribution in [2.45, 2.75) is 49.7 Å². The molecule has 0 radical (unpaired) electrons. The number of amides is 1. The van der Waals surface area contributed by atoms with Gasteiger partial charge in [0.25, 0.3) is 0 Å². The molecule has 0 unspecified atom stereocenters. The third kappa shape index (κ3) is 4.99. The zero-order valence-corrected chi connectivity index (χ0v) is 17.6. The molecule has 0 aliphatic carbocycles. The van der Waals surface area contributed by atoms with Crippen LogP contribution in [0, 0.1) is 5.92 Å². The van der Waals surface area contributed by atoms with Gasteiger partial charge in [0.2, 0.25) is 5.91 Å². The molecule has 1 fully saturated rings. The number of rotatable bonds is 4. The SMILES string of the molecule is C.CC(C)([C@H]1CC(=O)N(c2ccc(C(F)(F)F)cn2)C1)S(=O)(=O)c1cccc(C(F)(F)F)c1. The molecule has 33 heavy (non-hydrogen) atoms. The zero-order valence-electron chi connectivity index (χ0n) is 16.8. The van der Waals surface area contributed by atoms with Crippen LogP contribution in [0.5, 0.6) is 0 Å². The number of pyridine rings is 1. The average molecular weight is 496 g/mol. The summed E-state index contributed by atoms with van der Waals surface area (Å²) in [4.78, 5) is 16.7. The first kappa shape index (κ1) is 26.6. The molecule has 12 heteroatoms. The van der Waals surface area contributed by atoms with E-state index in [-0.39, 0.29) is 26.2 Å². The molecule has 5 nitrogen and oxygen atoms in total. The van der Waals surface area contributed by atoms with Crippen molar-refractivity contribution in [1.29, 1.82) is 0 Å². The van der Waals surface area contributed by atoms with Crippen molar-refractivity contribution in [1.82, 2.24) is 4.98 Å². The minimum absolute atomic E-state index is 0. The van der Waals surface area contributed by atoms with E-state index in [1.54, 1.807) is 0 Å². The van der Waals surface area contributed by atoms with Crippen molar-refractivity contribution in [2.24, 2.45) is 5.92 Å². The number of aromatic nitrogens is 1. The van der Waals surface area contributed by atoms with Crippen LogP contribution in [0.3, 0.4) is 0 Å². The van der Waals surface area contributed by atoms with Gasteiger partial charge in [-0.3, -0.25) is 9.69 Å². The summed E-state index contributed by atoms with van der Waals surface area (Å²) in [5, 5.41) is 0. The number of anilines is 1. The van der Waals surface area contributed by atoms with E-state index in [4.69, 9.17) is 0 Å². The monoisotopic (exact) mass is 496 g/mol. The third-order valence-corrected chi connectivity index (χ3v) is 8.22. The molecule has 1 aromatic carbocycles. The second-order valence-corrected chi connectivity index (χ2v) is 10.5. The van der Waals surface area contributed by atoms with Gasteiger partial charge in [0.15, 0.2) is 9.84 Å². The van der Waals surface area contributed by atoms with E-state index in [0.29, 0.717) is 12.3 Å². The Bertz CT molecular complexity index is 1130. The van der Waals surface area contributed by atoms with Crippen LogP contribution in [0.2, 0.25) is 0 Å². The fraction of sp³-hybridized carbons (Fsp3) is 0.429. The second kappa shape index (κ2) is 8.62. The quantitative estimate of drug-likeness (QED) is 0.535. The van der Waals surface area contributed by atoms with E-state index in [9.17, 15) is 39.6 Å². The zero-order chi connectivity index (χ0) is 24.1. The van der Waals surface area contributed by atoms with Crippen molar-refractivity contribution in [3.8, 4) is 0 Å². The minimum Gasteiger partial charge on any atom is -0.296 e. The van der Waals surface area contributed by atoms with Crippen LogP contribution in [0.4, 0.5) is 32.2 Å². The lowest BCUT2D eigenvalue weighted by molar-refractivity contribution is -0.138. The highest BCUT2D eigenvalue weighted by molar-refractivity contribution is 7.92. The molecule has 1 aromatic heterocycles. The van der Waals surface area contributed by atoms with Gasteiger partial charge in [-0.25, -0.2) is 13.4 Å². The fourth-order valence-corrected chi connectivity index (χ4v) is 5.21. The number of sulfone groups is 1. The summed E-state index contributed by atoms with van der Waals surface area (Å²) < 4.78 is 102. The van der Waals surface area contributed by atoms with E-state index in [1.165, 1.54) is 13.8 Å². The summed E-state index contributed by atoms with van der Waals surface area (Å²) in [6, 6.07) is 5.11. The van der Waals surface area contributed by atoms with Crippen LogP contribution >= 0.6 is 0 Å². The molecular formula is C21H22F6N2O3S. The van der Waals surface area contributed by atoms with Gasteiger partial charge >= 0.3 is 12.4 Å². The number of carbonyl (C=O) groups excluding carboxylic acids is 1. The number of halogens is 6. The summed E-state index contributed by atoms with van der Waals surface area (Å²) in [7, 11) is -4.31. The largest absolute Gasteiger partial charge is 0.417 e. The normalized spacial score (nSPS) is 17.8. The van der Waals surface area contributed by atoms with Crippen molar-refractivity contribution < 1.29 is 39.6 Å². The number of alkyl halides is 6. The molecule has 2 aromatic rings. The molecule has 1 aliphatic rings. The maximum Gasteiger partial charge on any atom is 0.417 e. The van der Waals surface area contributed by atoms with E-state index in [0.717, 1.165) is 35.2 Å². The van der Waals surface area contributed by atoms with Crippen molar-refractivity contribution in [3.05, 3.63) is 53.7 Å². The number of hydrogen-bond acceptors (Lipinski definition) is 4. The lowest BCUT2D eigenvalue weighted by Crippen LogP contribution is -2.41. The maximum atomic E-state index is 13.2. The Hall–Kier alpha value is -2.63. The first-order valence-corrected chi connectivity index (χ1v) is 10.8. The van der Waals surface area contributed by atoms with Crippen LogP contribution in [0.1, 0.15) is 38.8 Å². The highest BCUT2D eigenvalue weighted by Crippen LogP contribution is 2.40. The minimum atomic E-state index is -4.73. The van der Waals surface area contributed by atoms with E-state index in [2.05, 4.69) is 4.98 Å². The van der Waals surface area contributed by atoms with Gasteiger partial charge in [-0.2, -0.15) is 26.3 Å². The molecule has 1 aliphatic heterocycles. The molecule has 0 N–H and O–H groups in total. The summed E-state index contributed by atoms with van der Waals surface area (Å²) >= 11 is 0. The highest BCUT2D eigenvalue weighted by atomic mass is 32.2. The Morgan fingerprint density at radius 1 is 0.970 bits per heavy atom. The van der Waals surface area contributed by atoms with Gasteiger partial charge in [0.05, 0.1) is 20.8 Å². The molecule has 1 amide bonds. The predicted molar refractivity (Wildman–Crippen MR) is 109 cm³/mol. The molecule has 182 valence electrons. The summed E-state index contributed by atoms with van der Waals surface area (Å²) in [5.74, 6) is -1.45. The van der Waals surface area contributed by atoms with Gasteiger partial charge in [-0.05, 0) is 44.2 Å². The molecule has 0 saturated carbocycles. The van der Waals surface area contributed by atoms with Crippen molar-refractivity contribution >= 4 is 21.6 Å². The second-order valence-electron chi connectivity index (χ2n) is 7.94. The summed E-state index contributed by atoms with van der Waals surface area (Å²) in [5.41, 5.74) is -2.12. The van der Waals surface area contributed by atoms with Crippen molar-refractivity contribution in [3.63, 3.8) is 0 Å². The van der Waals surface area contributed by atoms with E-state index < -0.39 is 54.8 Å². The molecule has 0 spiro atoms. The number of carbonyl (C=O) groups is 1. The van der Waals surface area contributed by atoms with Crippen LogP contribution in [-0.4, -0.2) is 30.6 Å². The van der Waals surface area contributed by atoms with E-state index in [1.807, 2.05) is 0 Å². The Labute approximate surface area is 187 Å². The number of nitrogens with zero attached hydrogens (tertiary/aromatic N) is 2. The maximum absolute atomic E-state index is 13.2. The smallest absolute Gasteiger partial charge is 0.296 e. The van der Waals surface area contributed by atoms with Gasteiger partial charge in [-0.15, -0.1) is 0 Å². The lowest BCUT2D eigenvalue weighted by Gasteiger charge is -2.31. The van der Waals surface area contributed by atoms with Gasteiger partial charge in [0, 0.05) is 25.1 Å². The Balaban J connectivity index is 0.00000385. The van der Waals surface area contributed by atoms with Crippen molar-refractivity contribution in [2.75, 3.05) is 11.4 Å². The Kier molecular flexibility index (Phi) is 6.95. The topological polar surface area (TPSA) is 67.3 Å². The van der Waals surface area contributed by atoms with Crippen LogP contribution in [-0.2, 0) is 27.0 Å². The molecule has 1 saturated heterocycles. The molecule has 0 bridgehead atoms. The van der Waals surface area contributed by atoms with Crippen LogP contribution < -0.4 is 4.90 Å². The first-order chi connectivity index (χ1) is 14.5. The molecule has 1 atom stereocenters. The van der Waals surface area contributed by atoms with Crippen LogP contribution in [0.25, 0.3) is 0 Å². The highest BCUT2D eigenvalue weighted by Gasteiger charge is 2.49. The first-order valence-electron chi connectivity index (χ1n) is 9.30. The summed E-state index contributed by atoms with van der Waals surface area (Å²) in [6.07, 6.45) is -9.03.